The van der Waals surface area contributed by atoms with Crippen LogP contribution in [-0.2, 0) is 4.79 Å². The minimum Gasteiger partial charge on any atom is -0.355 e. The molecule has 0 aromatic rings. The maximum atomic E-state index is 11.6. The summed E-state index contributed by atoms with van der Waals surface area (Å²) in [6.07, 6.45) is 1.83. The first-order valence-corrected chi connectivity index (χ1v) is 9.73. The summed E-state index contributed by atoms with van der Waals surface area (Å²) in [7, 11) is 0. The summed E-state index contributed by atoms with van der Waals surface area (Å²) >= 11 is 0. The highest BCUT2D eigenvalue weighted by atomic mass is 16.1. The molecule has 0 aliphatic carbocycles. The van der Waals surface area contributed by atoms with Gasteiger partial charge in [-0.05, 0) is 34.1 Å². The minimum atomic E-state index is -0.428. The van der Waals surface area contributed by atoms with E-state index in [1.165, 1.54) is 0 Å². The van der Waals surface area contributed by atoms with Gasteiger partial charge < -0.3 is 26.8 Å². The van der Waals surface area contributed by atoms with Gasteiger partial charge in [0.2, 0.25) is 5.91 Å². The molecule has 7 nitrogen and oxygen atoms in total. The predicted octanol–water partition coefficient (Wildman–Crippen LogP) is 1.38. The Bertz CT molecular complexity index is 468. The zero-order valence-electron chi connectivity index (χ0n) is 17.2. The highest BCUT2D eigenvalue weighted by molar-refractivity contribution is 6.08. The maximum absolute atomic E-state index is 11.6. The summed E-state index contributed by atoms with van der Waals surface area (Å²) < 4.78 is 0. The third-order valence-corrected chi connectivity index (χ3v) is 5.08. The van der Waals surface area contributed by atoms with Crippen LogP contribution in [0.3, 0.4) is 0 Å². The highest BCUT2D eigenvalue weighted by Crippen LogP contribution is 2.14. The van der Waals surface area contributed by atoms with Gasteiger partial charge in [0.05, 0.1) is 11.1 Å². The van der Waals surface area contributed by atoms with Crippen molar-refractivity contribution in [3.63, 3.8) is 0 Å². The SMILES string of the molecule is CCCC(=O)NCCN1CCNC(C)(C)C(=N)CC(=N)C(C)(C)NCC1. The van der Waals surface area contributed by atoms with E-state index in [1.807, 2.05) is 34.6 Å². The molecule has 1 saturated heterocycles. The average molecular weight is 367 g/mol. The molecule has 1 aliphatic rings. The smallest absolute Gasteiger partial charge is 0.220 e. The van der Waals surface area contributed by atoms with Crippen molar-refractivity contribution in [2.24, 2.45) is 0 Å². The second-order valence-electron chi connectivity index (χ2n) is 8.18. The Morgan fingerprint density at radius 3 is 2.04 bits per heavy atom. The van der Waals surface area contributed by atoms with E-state index < -0.39 is 11.1 Å². The van der Waals surface area contributed by atoms with Gasteiger partial charge in [-0.25, -0.2) is 0 Å². The van der Waals surface area contributed by atoms with Gasteiger partial charge in [0, 0.05) is 63.5 Å². The Hall–Kier alpha value is -1.31. The monoisotopic (exact) mass is 366 g/mol. The molecule has 1 aliphatic heterocycles. The van der Waals surface area contributed by atoms with Crippen LogP contribution in [0, 0.1) is 10.8 Å². The van der Waals surface area contributed by atoms with Crippen LogP contribution in [-0.4, -0.2) is 72.6 Å². The molecule has 150 valence electrons. The van der Waals surface area contributed by atoms with Crippen LogP contribution in [0.1, 0.15) is 53.9 Å². The Kier molecular flexibility index (Phi) is 8.86. The van der Waals surface area contributed by atoms with Crippen molar-refractivity contribution in [2.45, 2.75) is 65.0 Å². The van der Waals surface area contributed by atoms with Gasteiger partial charge in [-0.15, -0.1) is 0 Å². The van der Waals surface area contributed by atoms with Crippen molar-refractivity contribution in [2.75, 3.05) is 39.3 Å². The number of amides is 1. The number of nitrogens with zero attached hydrogens (tertiary/aromatic N) is 1. The van der Waals surface area contributed by atoms with Gasteiger partial charge in [-0.1, -0.05) is 6.92 Å². The van der Waals surface area contributed by atoms with E-state index in [1.54, 1.807) is 0 Å². The van der Waals surface area contributed by atoms with Crippen LogP contribution >= 0.6 is 0 Å². The molecule has 26 heavy (non-hydrogen) atoms. The number of carbonyl (C=O) groups excluding carboxylic acids is 1. The van der Waals surface area contributed by atoms with Crippen molar-refractivity contribution < 1.29 is 4.79 Å². The fraction of sp³-hybridized carbons (Fsp3) is 0.842. The second kappa shape index (κ2) is 10.1. The fourth-order valence-corrected chi connectivity index (χ4v) is 2.89. The molecule has 7 heteroatoms. The van der Waals surface area contributed by atoms with E-state index in [2.05, 4.69) is 20.9 Å². The highest BCUT2D eigenvalue weighted by Gasteiger charge is 2.30. The van der Waals surface area contributed by atoms with Crippen LogP contribution in [0.15, 0.2) is 0 Å². The third-order valence-electron chi connectivity index (χ3n) is 5.08. The van der Waals surface area contributed by atoms with Crippen molar-refractivity contribution in [3.05, 3.63) is 0 Å². The van der Waals surface area contributed by atoms with Crippen molar-refractivity contribution in [1.29, 1.82) is 10.8 Å². The molecule has 1 rings (SSSR count). The first-order chi connectivity index (χ1) is 12.1. The van der Waals surface area contributed by atoms with Crippen LogP contribution in [0.2, 0.25) is 0 Å². The van der Waals surface area contributed by atoms with Gasteiger partial charge in [0.1, 0.15) is 0 Å². The standard InChI is InChI=1S/C19H38N6O/c1-6-7-17(26)22-8-11-25-12-9-23-18(2,3)15(20)14-16(21)19(4,5)24-10-13-25/h20-21,23-24H,6-14H2,1-5H3,(H,22,26). The van der Waals surface area contributed by atoms with E-state index in [9.17, 15) is 4.79 Å². The Balaban J connectivity index is 2.69. The molecule has 0 aromatic heterocycles. The summed E-state index contributed by atoms with van der Waals surface area (Å²) in [5, 5.41) is 26.7. The maximum Gasteiger partial charge on any atom is 0.220 e. The normalized spacial score (nSPS) is 22.3. The predicted molar refractivity (Wildman–Crippen MR) is 109 cm³/mol. The van der Waals surface area contributed by atoms with Gasteiger partial charge in [-0.2, -0.15) is 0 Å². The summed E-state index contributed by atoms with van der Waals surface area (Å²) in [6.45, 7) is 14.7. The minimum absolute atomic E-state index is 0.113. The van der Waals surface area contributed by atoms with Crippen LogP contribution in [0.25, 0.3) is 0 Å². The molecule has 1 fully saturated rings. The third kappa shape index (κ3) is 7.51. The number of carbonyl (C=O) groups is 1. The lowest BCUT2D eigenvalue weighted by atomic mass is 9.87. The molecule has 0 radical (unpaired) electrons. The fourth-order valence-electron chi connectivity index (χ4n) is 2.89. The first-order valence-electron chi connectivity index (χ1n) is 9.73. The Labute approximate surface area is 158 Å². The summed E-state index contributed by atoms with van der Waals surface area (Å²) in [6, 6.07) is 0. The van der Waals surface area contributed by atoms with Gasteiger partial charge in [0.15, 0.2) is 0 Å². The zero-order chi connectivity index (χ0) is 19.8. The molecule has 0 atom stereocenters. The lowest BCUT2D eigenvalue weighted by Crippen LogP contribution is -2.55. The van der Waals surface area contributed by atoms with Crippen molar-refractivity contribution >= 4 is 17.3 Å². The summed E-state index contributed by atoms with van der Waals surface area (Å²) in [5.41, 5.74) is 0.221. The lowest BCUT2D eigenvalue weighted by Gasteiger charge is -2.35. The van der Waals surface area contributed by atoms with Crippen molar-refractivity contribution in [3.8, 4) is 0 Å². The molecule has 0 unspecified atom stereocenters. The van der Waals surface area contributed by atoms with E-state index >= 15 is 0 Å². The molecule has 1 heterocycles. The van der Waals surface area contributed by atoms with Crippen molar-refractivity contribution in [1.82, 2.24) is 20.9 Å². The quantitative estimate of drug-likeness (QED) is 0.507. The van der Waals surface area contributed by atoms with E-state index in [-0.39, 0.29) is 5.91 Å². The van der Waals surface area contributed by atoms with Gasteiger partial charge in [0.25, 0.3) is 0 Å². The molecule has 0 aromatic carbocycles. The lowest BCUT2D eigenvalue weighted by molar-refractivity contribution is -0.121. The molecule has 0 saturated carbocycles. The van der Waals surface area contributed by atoms with E-state index in [0.717, 1.165) is 39.1 Å². The van der Waals surface area contributed by atoms with Crippen LogP contribution in [0.4, 0.5) is 0 Å². The van der Waals surface area contributed by atoms with Crippen LogP contribution in [0.5, 0.6) is 0 Å². The number of nitrogens with one attached hydrogen (secondary N) is 5. The molecule has 0 bridgehead atoms. The van der Waals surface area contributed by atoms with Gasteiger partial charge >= 0.3 is 0 Å². The summed E-state index contributed by atoms with van der Waals surface area (Å²) in [4.78, 5) is 13.9. The zero-order valence-corrected chi connectivity index (χ0v) is 17.2. The summed E-state index contributed by atoms with van der Waals surface area (Å²) in [5.74, 6) is 0.113. The molecular weight excluding hydrogens is 328 g/mol. The molecular formula is C19H38N6O. The number of rotatable bonds is 5. The topological polar surface area (TPSA) is 104 Å². The van der Waals surface area contributed by atoms with E-state index in [0.29, 0.717) is 30.8 Å². The van der Waals surface area contributed by atoms with Crippen LogP contribution < -0.4 is 16.0 Å². The molecule has 5 N–H and O–H groups in total. The molecule has 0 spiro atoms. The largest absolute Gasteiger partial charge is 0.355 e. The number of hydrogen-bond donors (Lipinski definition) is 5. The van der Waals surface area contributed by atoms with Gasteiger partial charge in [-0.3, -0.25) is 9.69 Å². The van der Waals surface area contributed by atoms with E-state index in [4.69, 9.17) is 10.8 Å². The first kappa shape index (κ1) is 22.7. The number of hydrogen-bond acceptors (Lipinski definition) is 6. The Morgan fingerprint density at radius 2 is 1.58 bits per heavy atom. The molecule has 1 amide bonds. The Morgan fingerprint density at radius 1 is 1.08 bits per heavy atom. The average Bonchev–Trinajstić information content (AvgIpc) is 2.53. The second-order valence-corrected chi connectivity index (χ2v) is 8.18.